The van der Waals surface area contributed by atoms with Crippen LogP contribution in [0.4, 0.5) is 4.39 Å². The van der Waals surface area contributed by atoms with Crippen LogP contribution >= 0.6 is 11.6 Å². The topological polar surface area (TPSA) is 142 Å². The molecule has 222 valence electrons. The van der Waals surface area contributed by atoms with Gasteiger partial charge in [0.25, 0.3) is 11.8 Å². The van der Waals surface area contributed by atoms with Crippen molar-refractivity contribution >= 4 is 35.2 Å². The van der Waals surface area contributed by atoms with Gasteiger partial charge in [-0.2, -0.15) is 0 Å². The van der Waals surface area contributed by atoms with Crippen LogP contribution in [-0.4, -0.2) is 47.2 Å². The number of hydrogen-bond acceptors (Lipinski definition) is 6. The second-order valence-corrected chi connectivity index (χ2v) is 10.8. The van der Waals surface area contributed by atoms with Crippen molar-refractivity contribution in [3.63, 3.8) is 0 Å². The summed E-state index contributed by atoms with van der Waals surface area (Å²) in [6, 6.07) is 10.1. The van der Waals surface area contributed by atoms with Crippen LogP contribution in [0.5, 0.6) is 0 Å². The molecule has 1 aliphatic rings. The van der Waals surface area contributed by atoms with Crippen molar-refractivity contribution in [3.8, 4) is 0 Å². The average molecular weight is 598 g/mol. The first-order valence-corrected chi connectivity index (χ1v) is 14.1. The van der Waals surface area contributed by atoms with Crippen molar-refractivity contribution in [2.45, 2.75) is 57.7 Å². The van der Waals surface area contributed by atoms with Gasteiger partial charge in [0.1, 0.15) is 30.2 Å². The highest BCUT2D eigenvalue weighted by Crippen LogP contribution is 2.22. The van der Waals surface area contributed by atoms with Crippen molar-refractivity contribution < 1.29 is 28.0 Å². The quantitative estimate of drug-likeness (QED) is 0.353. The van der Waals surface area contributed by atoms with Gasteiger partial charge in [0.2, 0.25) is 17.7 Å². The van der Waals surface area contributed by atoms with Gasteiger partial charge in [-0.15, -0.1) is 0 Å². The molecule has 0 saturated heterocycles. The summed E-state index contributed by atoms with van der Waals surface area (Å²) in [4.78, 5) is 57.3. The van der Waals surface area contributed by atoms with Gasteiger partial charge in [-0.3, -0.25) is 19.2 Å². The molecule has 3 aromatic rings. The van der Waals surface area contributed by atoms with Crippen LogP contribution in [0, 0.1) is 11.7 Å². The van der Waals surface area contributed by atoms with Gasteiger partial charge in [0, 0.05) is 13.0 Å². The largest absolute Gasteiger partial charge is 0.446 e. The van der Waals surface area contributed by atoms with Gasteiger partial charge in [0.05, 0.1) is 10.6 Å². The molecule has 4 N–H and O–H groups in total. The maximum atomic E-state index is 14.5. The van der Waals surface area contributed by atoms with Gasteiger partial charge >= 0.3 is 0 Å². The lowest BCUT2D eigenvalue weighted by Crippen LogP contribution is -2.55. The van der Waals surface area contributed by atoms with Crippen LogP contribution in [0.1, 0.15) is 71.5 Å². The molecule has 1 aromatic heterocycles. The Morgan fingerprint density at radius 2 is 1.83 bits per heavy atom. The number of hydrogen-bond donors (Lipinski definition) is 4. The Bertz CT molecular complexity index is 1410. The van der Waals surface area contributed by atoms with E-state index >= 15 is 0 Å². The fraction of sp³-hybridized carbons (Fsp3) is 0.367. The Hall–Kier alpha value is -4.25. The van der Waals surface area contributed by atoms with Gasteiger partial charge < -0.3 is 25.7 Å². The molecule has 2 aromatic carbocycles. The molecule has 1 aliphatic heterocycles. The number of aromatic nitrogens is 1. The minimum Gasteiger partial charge on any atom is -0.446 e. The van der Waals surface area contributed by atoms with Crippen molar-refractivity contribution in [1.29, 1.82) is 0 Å². The number of fused-ring (bicyclic) bond motifs is 2. The summed E-state index contributed by atoms with van der Waals surface area (Å²) in [6.45, 7) is 4.00. The smallest absolute Gasteiger partial charge is 0.273 e. The lowest BCUT2D eigenvalue weighted by Gasteiger charge is -2.26. The zero-order valence-corrected chi connectivity index (χ0v) is 24.0. The van der Waals surface area contributed by atoms with Crippen molar-refractivity contribution in [2.24, 2.45) is 5.92 Å². The molecule has 42 heavy (non-hydrogen) atoms. The molecule has 4 rings (SSSR count). The predicted molar refractivity (Wildman–Crippen MR) is 153 cm³/mol. The summed E-state index contributed by atoms with van der Waals surface area (Å²) >= 11 is 6.08. The molecular weight excluding hydrogens is 565 g/mol. The third-order valence-electron chi connectivity index (χ3n) is 6.92. The molecule has 4 amide bonds. The summed E-state index contributed by atoms with van der Waals surface area (Å²) < 4.78 is 20.0. The zero-order chi connectivity index (χ0) is 30.2. The second kappa shape index (κ2) is 14.1. The molecule has 0 spiro atoms. The lowest BCUT2D eigenvalue weighted by molar-refractivity contribution is -0.130. The normalized spacial score (nSPS) is 20.4. The Morgan fingerprint density at radius 1 is 1.07 bits per heavy atom. The van der Waals surface area contributed by atoms with Crippen LogP contribution < -0.4 is 21.3 Å². The first kappa shape index (κ1) is 30.7. The Balaban J connectivity index is 1.65. The monoisotopic (exact) mass is 597 g/mol. The van der Waals surface area contributed by atoms with E-state index in [-0.39, 0.29) is 47.5 Å². The molecule has 2 bridgehead atoms. The molecular formula is C30H33ClFN5O5. The summed E-state index contributed by atoms with van der Waals surface area (Å²) in [7, 11) is 0. The van der Waals surface area contributed by atoms with E-state index in [2.05, 4.69) is 26.3 Å². The maximum Gasteiger partial charge on any atom is 0.273 e. The molecule has 12 heteroatoms. The molecule has 10 nitrogen and oxygen atoms in total. The van der Waals surface area contributed by atoms with Crippen molar-refractivity contribution in [1.82, 2.24) is 26.3 Å². The third kappa shape index (κ3) is 7.73. The number of oxazole rings is 1. The lowest BCUT2D eigenvalue weighted by atomic mass is 10.0. The molecule has 2 heterocycles. The van der Waals surface area contributed by atoms with Gasteiger partial charge in [0.15, 0.2) is 5.69 Å². The van der Waals surface area contributed by atoms with Crippen LogP contribution in [0.3, 0.4) is 0 Å². The SMILES string of the molecule is CC(C)[C@@H]1NC(=O)[C@H](Cc2ccccc2)NC(=O)[C@@H](NC(=O)c2c(F)cccc2Cl)CCCCNC(=O)c2coc1n2. The number of benzene rings is 2. The van der Waals surface area contributed by atoms with Crippen molar-refractivity contribution in [3.05, 3.63) is 88.3 Å². The standard InChI is InChI=1S/C30H33ClFN5O5/c1-17(2)25-30-36-23(16-42-30)26(38)33-14-7-6-13-21(34-29(41)24-19(31)11-8-12-20(24)32)27(39)35-22(28(40)37-25)15-18-9-4-3-5-10-18/h3-5,8-12,16-17,21-22,25H,6-7,13-15H2,1-2H3,(H,33,38)(H,34,41)(H,35,39)(H,37,40)/t21-,22-,25-/m0/s1. The summed E-state index contributed by atoms with van der Waals surface area (Å²) in [6.07, 6.45) is 2.44. The number of rotatable bonds is 5. The minimum absolute atomic E-state index is 0.0815. The van der Waals surface area contributed by atoms with Crippen LogP contribution in [-0.2, 0) is 16.0 Å². The molecule has 0 saturated carbocycles. The van der Waals surface area contributed by atoms with E-state index in [1.165, 1.54) is 18.4 Å². The Labute approximate surface area is 247 Å². The highest BCUT2D eigenvalue weighted by molar-refractivity contribution is 6.33. The predicted octanol–water partition coefficient (Wildman–Crippen LogP) is 3.72. The van der Waals surface area contributed by atoms with Crippen molar-refractivity contribution in [2.75, 3.05) is 6.54 Å². The molecule has 0 aliphatic carbocycles. The fourth-order valence-corrected chi connectivity index (χ4v) is 4.86. The van der Waals surface area contributed by atoms with E-state index in [1.807, 2.05) is 44.2 Å². The second-order valence-electron chi connectivity index (χ2n) is 10.4. The average Bonchev–Trinajstić information content (AvgIpc) is 3.44. The van der Waals surface area contributed by atoms with E-state index in [1.54, 1.807) is 0 Å². The first-order chi connectivity index (χ1) is 20.1. The minimum atomic E-state index is -1.12. The number of nitrogens with one attached hydrogen (secondary N) is 4. The number of nitrogens with zero attached hydrogens (tertiary/aromatic N) is 1. The Kier molecular flexibility index (Phi) is 10.3. The van der Waals surface area contributed by atoms with E-state index in [4.69, 9.17) is 16.0 Å². The number of halogens is 2. The van der Waals surface area contributed by atoms with E-state index in [9.17, 15) is 23.6 Å². The fourth-order valence-electron chi connectivity index (χ4n) is 4.61. The molecule has 0 radical (unpaired) electrons. The number of carbonyl (C=O) groups is 4. The Morgan fingerprint density at radius 3 is 2.55 bits per heavy atom. The van der Waals surface area contributed by atoms with Crippen LogP contribution in [0.15, 0.2) is 59.2 Å². The number of amides is 4. The third-order valence-corrected chi connectivity index (χ3v) is 7.23. The molecule has 3 atom stereocenters. The van der Waals surface area contributed by atoms with Gasteiger partial charge in [-0.05, 0) is 42.9 Å². The summed E-state index contributed by atoms with van der Waals surface area (Å²) in [5, 5.41) is 10.9. The zero-order valence-electron chi connectivity index (χ0n) is 23.3. The first-order valence-electron chi connectivity index (χ1n) is 13.8. The number of carbonyl (C=O) groups excluding carboxylic acids is 4. The maximum absolute atomic E-state index is 14.5. The van der Waals surface area contributed by atoms with Crippen LogP contribution in [0.25, 0.3) is 0 Å². The van der Waals surface area contributed by atoms with Gasteiger partial charge in [-0.1, -0.05) is 61.8 Å². The van der Waals surface area contributed by atoms with E-state index in [0.29, 0.717) is 12.8 Å². The molecule has 0 fully saturated rings. The van der Waals surface area contributed by atoms with Crippen LogP contribution in [0.2, 0.25) is 5.02 Å². The van der Waals surface area contributed by atoms with E-state index in [0.717, 1.165) is 11.6 Å². The van der Waals surface area contributed by atoms with E-state index < -0.39 is 47.6 Å². The summed E-state index contributed by atoms with van der Waals surface area (Å²) in [5.41, 5.74) is 0.495. The molecule has 0 unspecified atom stereocenters. The highest BCUT2D eigenvalue weighted by atomic mass is 35.5. The highest BCUT2D eigenvalue weighted by Gasteiger charge is 2.32. The summed E-state index contributed by atoms with van der Waals surface area (Å²) in [5.74, 6) is -3.27. The van der Waals surface area contributed by atoms with Gasteiger partial charge in [-0.25, -0.2) is 9.37 Å².